The SMILES string of the molecule is CCCCCNCC(=O)Nc1cc(N(C)C)c2c(c1O)C(O)=C1C(=O)[C@]3(O)C(O)=C(C(N)=O)C(=O)[C@@H](N(C)C)C3CC1C2. The lowest BCUT2D eigenvalue weighted by Crippen LogP contribution is -2.65. The first-order valence-corrected chi connectivity index (χ1v) is 14.4. The molecule has 234 valence electrons. The summed E-state index contributed by atoms with van der Waals surface area (Å²) in [6, 6.07) is 0.426. The van der Waals surface area contributed by atoms with Crippen molar-refractivity contribution in [1.82, 2.24) is 10.2 Å². The van der Waals surface area contributed by atoms with Gasteiger partial charge in [-0.05, 0) is 57.5 Å². The average Bonchev–Trinajstić information content (AvgIpc) is 2.91. The van der Waals surface area contributed by atoms with E-state index in [1.807, 2.05) is 0 Å². The molecule has 0 heterocycles. The number of phenolic OH excluding ortho intramolecular Hbond substituents is 1. The maximum absolute atomic E-state index is 14.1. The van der Waals surface area contributed by atoms with Crippen LogP contribution >= 0.6 is 0 Å². The predicted molar refractivity (Wildman–Crippen MR) is 160 cm³/mol. The van der Waals surface area contributed by atoms with Crippen LogP contribution in [0.3, 0.4) is 0 Å². The number of amides is 2. The molecular weight excluding hydrogens is 558 g/mol. The number of rotatable bonds is 10. The van der Waals surface area contributed by atoms with E-state index in [4.69, 9.17) is 5.73 Å². The van der Waals surface area contributed by atoms with Crippen molar-refractivity contribution in [3.8, 4) is 5.75 Å². The number of anilines is 2. The number of unbranched alkanes of at least 4 members (excludes halogenated alkanes) is 2. The molecule has 8 N–H and O–H groups in total. The number of nitrogens with two attached hydrogens (primary N) is 1. The van der Waals surface area contributed by atoms with E-state index in [9.17, 15) is 39.6 Å². The molecule has 4 rings (SSSR count). The number of phenols is 1. The molecule has 4 atom stereocenters. The lowest BCUT2D eigenvalue weighted by molar-refractivity contribution is -0.153. The third kappa shape index (κ3) is 5.25. The van der Waals surface area contributed by atoms with Crippen molar-refractivity contribution < 1.29 is 39.6 Å². The molecule has 13 nitrogen and oxygen atoms in total. The van der Waals surface area contributed by atoms with Gasteiger partial charge < -0.3 is 41.7 Å². The van der Waals surface area contributed by atoms with Crippen LogP contribution in [0, 0.1) is 11.8 Å². The van der Waals surface area contributed by atoms with Gasteiger partial charge in [0, 0.05) is 31.3 Å². The van der Waals surface area contributed by atoms with Gasteiger partial charge in [0.25, 0.3) is 5.91 Å². The Balaban J connectivity index is 1.82. The first-order chi connectivity index (χ1) is 20.2. The summed E-state index contributed by atoms with van der Waals surface area (Å²) in [7, 11) is 6.60. The highest BCUT2D eigenvalue weighted by molar-refractivity contribution is 6.24. The summed E-state index contributed by atoms with van der Waals surface area (Å²) in [5.41, 5.74) is 2.53. The number of hydrogen-bond donors (Lipinski definition) is 7. The normalized spacial score (nSPS) is 25.0. The van der Waals surface area contributed by atoms with E-state index in [2.05, 4.69) is 17.6 Å². The fourth-order valence-corrected chi connectivity index (χ4v) is 6.68. The van der Waals surface area contributed by atoms with Gasteiger partial charge in [0.2, 0.25) is 11.7 Å². The van der Waals surface area contributed by atoms with Gasteiger partial charge in [-0.1, -0.05) is 19.8 Å². The van der Waals surface area contributed by atoms with Gasteiger partial charge in [-0.15, -0.1) is 0 Å². The van der Waals surface area contributed by atoms with Crippen LogP contribution in [0.1, 0.15) is 43.7 Å². The summed E-state index contributed by atoms with van der Waals surface area (Å²) in [6.07, 6.45) is 3.11. The summed E-state index contributed by atoms with van der Waals surface area (Å²) in [5, 5.41) is 51.4. The zero-order valence-electron chi connectivity index (χ0n) is 25.2. The van der Waals surface area contributed by atoms with Crippen LogP contribution < -0.4 is 21.3 Å². The van der Waals surface area contributed by atoms with Crippen molar-refractivity contribution in [2.45, 2.75) is 50.7 Å². The van der Waals surface area contributed by atoms with Crippen molar-refractivity contribution in [2.75, 3.05) is 51.5 Å². The Morgan fingerprint density at radius 1 is 1.12 bits per heavy atom. The van der Waals surface area contributed by atoms with Crippen molar-refractivity contribution in [1.29, 1.82) is 0 Å². The van der Waals surface area contributed by atoms with Crippen LogP contribution in [0.15, 0.2) is 23.0 Å². The van der Waals surface area contributed by atoms with Crippen molar-refractivity contribution in [3.63, 3.8) is 0 Å². The van der Waals surface area contributed by atoms with Crippen LogP contribution in [-0.2, 0) is 25.6 Å². The zero-order chi connectivity index (χ0) is 32.0. The molecule has 0 spiro atoms. The fourth-order valence-electron chi connectivity index (χ4n) is 6.68. The number of hydrogen-bond acceptors (Lipinski definition) is 11. The fraction of sp³-hybridized carbons (Fsp3) is 0.533. The average molecular weight is 600 g/mol. The first-order valence-electron chi connectivity index (χ1n) is 14.4. The van der Waals surface area contributed by atoms with E-state index in [1.54, 1.807) is 39.2 Å². The van der Waals surface area contributed by atoms with E-state index < -0.39 is 69.7 Å². The van der Waals surface area contributed by atoms with Gasteiger partial charge >= 0.3 is 0 Å². The minimum Gasteiger partial charge on any atom is -0.508 e. The van der Waals surface area contributed by atoms with Gasteiger partial charge in [0.1, 0.15) is 22.8 Å². The highest BCUT2D eigenvalue weighted by Crippen LogP contribution is 2.54. The van der Waals surface area contributed by atoms with Gasteiger partial charge in [-0.2, -0.15) is 0 Å². The van der Waals surface area contributed by atoms with E-state index in [1.165, 1.54) is 4.90 Å². The maximum atomic E-state index is 14.1. The highest BCUT2D eigenvalue weighted by Gasteiger charge is 2.64. The molecule has 1 aromatic rings. The second kappa shape index (κ2) is 12.0. The minimum atomic E-state index is -2.72. The molecule has 2 unspecified atom stereocenters. The number of primary amides is 1. The molecule has 1 saturated carbocycles. The van der Waals surface area contributed by atoms with Crippen molar-refractivity contribution >= 4 is 40.5 Å². The van der Waals surface area contributed by atoms with Crippen LogP contribution in [-0.4, -0.2) is 102 Å². The number of aliphatic hydroxyl groups is 3. The lowest BCUT2D eigenvalue weighted by Gasteiger charge is -2.50. The third-order valence-electron chi connectivity index (χ3n) is 8.70. The van der Waals surface area contributed by atoms with E-state index in [0.29, 0.717) is 17.8 Å². The number of Topliss-reactive ketones (excluding diaryl/α,β-unsaturated/α-hetero) is 2. The largest absolute Gasteiger partial charge is 0.508 e. The van der Waals surface area contributed by atoms with Crippen LogP contribution in [0.4, 0.5) is 11.4 Å². The summed E-state index contributed by atoms with van der Waals surface area (Å²) in [6.45, 7) is 2.73. The Kier molecular flexibility index (Phi) is 8.91. The molecular formula is C30H41N5O8. The summed E-state index contributed by atoms with van der Waals surface area (Å²) < 4.78 is 0. The Morgan fingerprint density at radius 3 is 2.37 bits per heavy atom. The van der Waals surface area contributed by atoms with E-state index in [-0.39, 0.29) is 36.2 Å². The van der Waals surface area contributed by atoms with Crippen molar-refractivity contribution in [3.05, 3.63) is 34.1 Å². The quantitative estimate of drug-likeness (QED) is 0.113. The Bertz CT molecular complexity index is 1430. The molecule has 0 aliphatic heterocycles. The topological polar surface area (TPSA) is 206 Å². The molecule has 3 aliphatic rings. The zero-order valence-corrected chi connectivity index (χ0v) is 25.2. The number of nitrogens with zero attached hydrogens (tertiary/aromatic N) is 2. The predicted octanol–water partition coefficient (Wildman–Crippen LogP) is 0.748. The van der Waals surface area contributed by atoms with Crippen LogP contribution in [0.5, 0.6) is 5.75 Å². The molecule has 1 fully saturated rings. The van der Waals surface area contributed by atoms with Crippen molar-refractivity contribution in [2.24, 2.45) is 17.6 Å². The molecule has 1 aromatic carbocycles. The number of ketones is 2. The van der Waals surface area contributed by atoms with Gasteiger partial charge in [-0.25, -0.2) is 0 Å². The smallest absolute Gasteiger partial charge is 0.255 e. The molecule has 3 aliphatic carbocycles. The standard InChI is InChI=1S/C30H41N5O8/c1-6-7-8-9-32-13-19(36)33-17-12-18(34(2)3)15-10-14-11-16-23(35(4)5)26(39)22(29(31)42)28(41)30(16,43)27(40)20(14)25(38)21(15)24(17)37/h12,14,16,23,32,37-38,41,43H,6-11,13H2,1-5H3,(H2,31,42)(H,33,36)/t14?,16?,23-,30-/m0/s1. The summed E-state index contributed by atoms with van der Waals surface area (Å²) >= 11 is 0. The lowest BCUT2D eigenvalue weighted by atomic mass is 9.57. The number of fused-ring (bicyclic) bond motifs is 3. The number of likely N-dealkylation sites (N-methyl/N-ethyl adjacent to an activating group) is 1. The number of aromatic hydroxyl groups is 1. The number of benzene rings is 1. The summed E-state index contributed by atoms with van der Waals surface area (Å²) in [5.74, 6) is -7.70. The molecule has 43 heavy (non-hydrogen) atoms. The molecule has 0 radical (unpaired) electrons. The molecule has 0 saturated heterocycles. The number of carbonyl (C=O) groups is 4. The van der Waals surface area contributed by atoms with Gasteiger partial charge in [0.15, 0.2) is 11.4 Å². The number of nitrogens with one attached hydrogen (secondary N) is 2. The van der Waals surface area contributed by atoms with E-state index >= 15 is 0 Å². The number of aliphatic hydroxyl groups excluding tert-OH is 2. The second-order valence-corrected chi connectivity index (χ2v) is 11.9. The molecule has 0 aromatic heterocycles. The Hall–Kier alpha value is -3.94. The highest BCUT2D eigenvalue weighted by atomic mass is 16.3. The summed E-state index contributed by atoms with van der Waals surface area (Å²) in [4.78, 5) is 55.4. The Morgan fingerprint density at radius 2 is 1.79 bits per heavy atom. The molecule has 0 bridgehead atoms. The maximum Gasteiger partial charge on any atom is 0.255 e. The second-order valence-electron chi connectivity index (χ2n) is 11.9. The number of carbonyl (C=O) groups excluding carboxylic acids is 4. The molecule has 13 heteroatoms. The Labute approximate surface area is 250 Å². The monoisotopic (exact) mass is 599 g/mol. The third-order valence-corrected chi connectivity index (χ3v) is 8.70. The minimum absolute atomic E-state index is 0.000835. The van der Waals surface area contributed by atoms with Gasteiger partial charge in [-0.3, -0.25) is 24.1 Å². The van der Waals surface area contributed by atoms with Crippen LogP contribution in [0.2, 0.25) is 0 Å². The molecule has 2 amide bonds. The van der Waals surface area contributed by atoms with E-state index in [0.717, 1.165) is 19.3 Å². The van der Waals surface area contributed by atoms with Gasteiger partial charge in [0.05, 0.1) is 23.8 Å². The van der Waals surface area contributed by atoms with Crippen LogP contribution in [0.25, 0.3) is 5.76 Å². The first kappa shape index (κ1) is 32.0.